The van der Waals surface area contributed by atoms with Crippen LogP contribution in [-0.4, -0.2) is 35.0 Å². The Bertz CT molecular complexity index is 225. The van der Waals surface area contributed by atoms with E-state index in [0.29, 0.717) is 13.1 Å². The van der Waals surface area contributed by atoms with E-state index in [2.05, 4.69) is 6.58 Å². The first-order valence-corrected chi connectivity index (χ1v) is 4.67. The maximum Gasteiger partial charge on any atom is 0.315 e. The number of amides is 1. The van der Waals surface area contributed by atoms with Crippen LogP contribution in [0.5, 0.6) is 0 Å². The fourth-order valence-electron chi connectivity index (χ4n) is 1.10. The minimum atomic E-state index is -1.08. The first kappa shape index (κ1) is 12.7. The number of carboxylic acid groups (broad SMARTS) is 1. The molecule has 0 aliphatic rings. The molecule has 0 saturated heterocycles. The molecule has 0 aliphatic heterocycles. The van der Waals surface area contributed by atoms with Gasteiger partial charge in [0.15, 0.2) is 0 Å². The third-order valence-corrected chi connectivity index (χ3v) is 1.90. The van der Waals surface area contributed by atoms with Crippen LogP contribution in [-0.2, 0) is 9.59 Å². The van der Waals surface area contributed by atoms with Crippen LogP contribution in [0.1, 0.15) is 20.3 Å². The summed E-state index contributed by atoms with van der Waals surface area (Å²) < 4.78 is 0. The number of carbonyl (C=O) groups excluding carboxylic acids is 1. The normalized spacial score (nSPS) is 11.9. The van der Waals surface area contributed by atoms with Gasteiger partial charge in [0.25, 0.3) is 0 Å². The Kier molecular flexibility index (Phi) is 5.60. The van der Waals surface area contributed by atoms with Crippen LogP contribution in [0.4, 0.5) is 0 Å². The molecule has 0 bridgehead atoms. The van der Waals surface area contributed by atoms with Crippen molar-refractivity contribution in [1.29, 1.82) is 0 Å². The minimum Gasteiger partial charge on any atom is -0.481 e. The summed E-state index contributed by atoms with van der Waals surface area (Å²) in [5.41, 5.74) is 0. The van der Waals surface area contributed by atoms with E-state index in [0.717, 1.165) is 6.42 Å². The van der Waals surface area contributed by atoms with Crippen LogP contribution < -0.4 is 0 Å². The summed E-state index contributed by atoms with van der Waals surface area (Å²) in [7, 11) is 0. The average molecular weight is 199 g/mol. The summed E-state index contributed by atoms with van der Waals surface area (Å²) >= 11 is 0. The van der Waals surface area contributed by atoms with E-state index in [1.54, 1.807) is 6.08 Å². The number of carboxylic acids is 1. The molecule has 0 fully saturated rings. The lowest BCUT2D eigenvalue weighted by Crippen LogP contribution is -2.38. The van der Waals surface area contributed by atoms with E-state index >= 15 is 0 Å². The van der Waals surface area contributed by atoms with Crippen LogP contribution in [0.2, 0.25) is 0 Å². The molecule has 1 amide bonds. The molecule has 14 heavy (non-hydrogen) atoms. The van der Waals surface area contributed by atoms with E-state index < -0.39 is 11.9 Å². The summed E-state index contributed by atoms with van der Waals surface area (Å²) in [4.78, 5) is 23.6. The monoisotopic (exact) mass is 199 g/mol. The fourth-order valence-corrected chi connectivity index (χ4v) is 1.10. The number of hydrogen-bond acceptors (Lipinski definition) is 2. The molecule has 4 heteroatoms. The van der Waals surface area contributed by atoms with Crippen molar-refractivity contribution in [3.63, 3.8) is 0 Å². The molecule has 0 saturated carbocycles. The highest BCUT2D eigenvalue weighted by Gasteiger charge is 2.24. The van der Waals surface area contributed by atoms with E-state index in [1.165, 1.54) is 11.8 Å². The van der Waals surface area contributed by atoms with Gasteiger partial charge in [-0.3, -0.25) is 9.59 Å². The molecule has 0 aromatic heterocycles. The second-order valence-corrected chi connectivity index (χ2v) is 3.13. The quantitative estimate of drug-likeness (QED) is 0.515. The lowest BCUT2D eigenvalue weighted by atomic mass is 10.1. The first-order chi connectivity index (χ1) is 6.54. The summed E-state index contributed by atoms with van der Waals surface area (Å²) in [5, 5.41) is 8.66. The van der Waals surface area contributed by atoms with Gasteiger partial charge in [-0.2, -0.15) is 0 Å². The molecular formula is C10H17NO3. The Morgan fingerprint density at radius 1 is 1.57 bits per heavy atom. The first-order valence-electron chi connectivity index (χ1n) is 4.67. The van der Waals surface area contributed by atoms with Crippen LogP contribution in [0.3, 0.4) is 0 Å². The van der Waals surface area contributed by atoms with Crippen molar-refractivity contribution in [2.75, 3.05) is 13.1 Å². The van der Waals surface area contributed by atoms with E-state index in [-0.39, 0.29) is 5.91 Å². The van der Waals surface area contributed by atoms with Crippen molar-refractivity contribution in [1.82, 2.24) is 4.90 Å². The average Bonchev–Trinajstić information content (AvgIpc) is 2.15. The predicted molar refractivity (Wildman–Crippen MR) is 53.9 cm³/mol. The van der Waals surface area contributed by atoms with Gasteiger partial charge in [-0.1, -0.05) is 13.0 Å². The highest BCUT2D eigenvalue weighted by molar-refractivity contribution is 5.96. The van der Waals surface area contributed by atoms with Gasteiger partial charge >= 0.3 is 5.97 Å². The van der Waals surface area contributed by atoms with E-state index in [4.69, 9.17) is 5.11 Å². The second-order valence-electron chi connectivity index (χ2n) is 3.13. The number of rotatable bonds is 6. The molecule has 0 radical (unpaired) electrons. The van der Waals surface area contributed by atoms with E-state index in [9.17, 15) is 9.59 Å². The molecule has 4 nitrogen and oxygen atoms in total. The van der Waals surface area contributed by atoms with Crippen LogP contribution in [0.25, 0.3) is 0 Å². The van der Waals surface area contributed by atoms with E-state index in [1.807, 2.05) is 6.92 Å². The zero-order valence-electron chi connectivity index (χ0n) is 8.69. The molecule has 1 N–H and O–H groups in total. The van der Waals surface area contributed by atoms with Crippen LogP contribution in [0.15, 0.2) is 12.7 Å². The highest BCUT2D eigenvalue weighted by atomic mass is 16.4. The Balaban J connectivity index is 4.41. The summed E-state index contributed by atoms with van der Waals surface area (Å²) in [6.45, 7) is 7.85. The Morgan fingerprint density at radius 2 is 2.14 bits per heavy atom. The number of nitrogens with zero attached hydrogens (tertiary/aromatic N) is 1. The van der Waals surface area contributed by atoms with Gasteiger partial charge in [0.1, 0.15) is 5.92 Å². The molecule has 0 aromatic carbocycles. The largest absolute Gasteiger partial charge is 0.481 e. The molecule has 0 rings (SSSR count). The molecule has 80 valence electrons. The summed E-state index contributed by atoms with van der Waals surface area (Å²) in [5.74, 6) is -2.40. The zero-order chi connectivity index (χ0) is 11.1. The maximum atomic E-state index is 11.6. The van der Waals surface area contributed by atoms with Gasteiger partial charge in [0, 0.05) is 13.1 Å². The van der Waals surface area contributed by atoms with Crippen molar-refractivity contribution in [2.24, 2.45) is 5.92 Å². The number of hydrogen-bond donors (Lipinski definition) is 1. The fraction of sp³-hybridized carbons (Fsp3) is 0.600. The Morgan fingerprint density at radius 3 is 2.50 bits per heavy atom. The third kappa shape index (κ3) is 3.60. The second kappa shape index (κ2) is 6.18. The Labute approximate surface area is 84.2 Å². The molecule has 0 spiro atoms. The molecule has 0 heterocycles. The molecule has 1 unspecified atom stereocenters. The van der Waals surface area contributed by atoms with Gasteiger partial charge < -0.3 is 10.0 Å². The maximum absolute atomic E-state index is 11.6. The van der Waals surface area contributed by atoms with Gasteiger partial charge in [-0.05, 0) is 13.3 Å². The predicted octanol–water partition coefficient (Wildman–Crippen LogP) is 1.13. The van der Waals surface area contributed by atoms with Gasteiger partial charge in [0.05, 0.1) is 0 Å². The van der Waals surface area contributed by atoms with Gasteiger partial charge in [0.2, 0.25) is 5.91 Å². The molecule has 1 atom stereocenters. The highest BCUT2D eigenvalue weighted by Crippen LogP contribution is 2.03. The van der Waals surface area contributed by atoms with Crippen molar-refractivity contribution >= 4 is 11.9 Å². The van der Waals surface area contributed by atoms with Gasteiger partial charge in [-0.25, -0.2) is 0 Å². The van der Waals surface area contributed by atoms with Crippen LogP contribution in [0, 0.1) is 5.92 Å². The van der Waals surface area contributed by atoms with Crippen molar-refractivity contribution in [3.05, 3.63) is 12.7 Å². The lowest BCUT2D eigenvalue weighted by Gasteiger charge is -2.22. The topological polar surface area (TPSA) is 57.6 Å². The van der Waals surface area contributed by atoms with Crippen molar-refractivity contribution in [3.8, 4) is 0 Å². The van der Waals surface area contributed by atoms with Crippen molar-refractivity contribution < 1.29 is 14.7 Å². The van der Waals surface area contributed by atoms with Gasteiger partial charge in [-0.15, -0.1) is 6.58 Å². The van der Waals surface area contributed by atoms with Crippen LogP contribution >= 0.6 is 0 Å². The SMILES string of the molecule is C=CCN(CCC)C(=O)C(C)C(=O)O. The lowest BCUT2D eigenvalue weighted by molar-refractivity contribution is -0.150. The van der Waals surface area contributed by atoms with Crippen molar-refractivity contribution in [2.45, 2.75) is 20.3 Å². The zero-order valence-corrected chi connectivity index (χ0v) is 8.69. The number of aliphatic carboxylic acids is 1. The number of carbonyl (C=O) groups is 2. The summed E-state index contributed by atoms with van der Waals surface area (Å²) in [6.07, 6.45) is 2.41. The molecular weight excluding hydrogens is 182 g/mol. The standard InChI is InChI=1S/C10H17NO3/c1-4-6-11(7-5-2)9(12)8(3)10(13)14/h4,8H,1,5-7H2,2-3H3,(H,13,14). The summed E-state index contributed by atoms with van der Waals surface area (Å²) in [6, 6.07) is 0. The molecule has 0 aromatic rings. The third-order valence-electron chi connectivity index (χ3n) is 1.90. The minimum absolute atomic E-state index is 0.348. The smallest absolute Gasteiger partial charge is 0.315 e. The molecule has 0 aliphatic carbocycles. The Hall–Kier alpha value is -1.32.